The highest BCUT2D eigenvalue weighted by atomic mass is 32.2. The Kier molecular flexibility index (Phi) is 4.01. The van der Waals surface area contributed by atoms with E-state index in [0.29, 0.717) is 11.6 Å². The predicted octanol–water partition coefficient (Wildman–Crippen LogP) is 4.23. The van der Waals surface area contributed by atoms with Gasteiger partial charge in [-0.2, -0.15) is 5.26 Å². The first-order chi connectivity index (χ1) is 8.69. The van der Waals surface area contributed by atoms with Gasteiger partial charge in [0.15, 0.2) is 0 Å². The minimum Gasteiger partial charge on any atom is -0.230 e. The second-order valence-electron chi connectivity index (χ2n) is 4.30. The van der Waals surface area contributed by atoms with Crippen molar-refractivity contribution in [2.24, 2.45) is 0 Å². The molecule has 2 aromatic rings. The van der Waals surface area contributed by atoms with Crippen molar-refractivity contribution in [1.29, 1.82) is 5.26 Å². The van der Waals surface area contributed by atoms with Gasteiger partial charge in [-0.25, -0.2) is 4.98 Å². The van der Waals surface area contributed by atoms with Crippen LogP contribution in [0.3, 0.4) is 0 Å². The summed E-state index contributed by atoms with van der Waals surface area (Å²) in [4.78, 5) is 5.39. The predicted molar refractivity (Wildman–Crippen MR) is 73.6 cm³/mol. The summed E-state index contributed by atoms with van der Waals surface area (Å²) in [5, 5.41) is 9.66. The van der Waals surface area contributed by atoms with Gasteiger partial charge in [-0.15, -0.1) is 0 Å². The Bertz CT molecular complexity index is 568. The summed E-state index contributed by atoms with van der Waals surface area (Å²) in [7, 11) is 0. The zero-order valence-electron chi connectivity index (χ0n) is 10.4. The molecule has 0 atom stereocenters. The number of benzene rings is 1. The molecule has 18 heavy (non-hydrogen) atoms. The lowest BCUT2D eigenvalue weighted by atomic mass is 10.0. The largest absolute Gasteiger partial charge is 0.230 e. The normalized spacial score (nSPS) is 10.3. The lowest BCUT2D eigenvalue weighted by molar-refractivity contribution is 0.865. The van der Waals surface area contributed by atoms with Crippen molar-refractivity contribution in [3.05, 3.63) is 53.7 Å². The van der Waals surface area contributed by atoms with Crippen LogP contribution in [0.2, 0.25) is 0 Å². The van der Waals surface area contributed by atoms with Crippen LogP contribution >= 0.6 is 11.8 Å². The molecule has 1 aromatic heterocycles. The monoisotopic (exact) mass is 254 g/mol. The summed E-state index contributed by atoms with van der Waals surface area (Å²) >= 11 is 1.58. The van der Waals surface area contributed by atoms with Crippen LogP contribution in [0, 0.1) is 11.3 Å². The summed E-state index contributed by atoms with van der Waals surface area (Å²) in [5.74, 6) is 0.545. The van der Waals surface area contributed by atoms with Gasteiger partial charge >= 0.3 is 0 Å². The van der Waals surface area contributed by atoms with Gasteiger partial charge in [-0.3, -0.25) is 0 Å². The topological polar surface area (TPSA) is 36.7 Å². The molecule has 90 valence electrons. The van der Waals surface area contributed by atoms with Crippen LogP contribution in [0.15, 0.2) is 52.4 Å². The number of pyridine rings is 1. The van der Waals surface area contributed by atoms with E-state index in [1.807, 2.05) is 12.1 Å². The minimum absolute atomic E-state index is 0.457. The third-order valence-corrected chi connectivity index (χ3v) is 3.55. The van der Waals surface area contributed by atoms with Crippen molar-refractivity contribution in [2.45, 2.75) is 29.7 Å². The highest BCUT2D eigenvalue weighted by molar-refractivity contribution is 7.99. The average Bonchev–Trinajstić information content (AvgIpc) is 2.39. The Morgan fingerprint density at radius 3 is 2.44 bits per heavy atom. The Hall–Kier alpha value is -1.79. The number of aromatic nitrogens is 1. The van der Waals surface area contributed by atoms with E-state index in [1.54, 1.807) is 17.8 Å². The van der Waals surface area contributed by atoms with E-state index < -0.39 is 0 Å². The van der Waals surface area contributed by atoms with Crippen LogP contribution in [0.5, 0.6) is 0 Å². The molecule has 2 nitrogen and oxygen atoms in total. The number of nitrogens with zero attached hydrogens (tertiary/aromatic N) is 2. The van der Waals surface area contributed by atoms with E-state index in [-0.39, 0.29) is 0 Å². The Balaban J connectivity index is 2.16. The van der Waals surface area contributed by atoms with E-state index in [2.05, 4.69) is 49.2 Å². The van der Waals surface area contributed by atoms with Crippen molar-refractivity contribution in [3.8, 4) is 6.07 Å². The first-order valence-corrected chi connectivity index (χ1v) is 6.65. The van der Waals surface area contributed by atoms with Gasteiger partial charge in [0, 0.05) is 4.90 Å². The molecule has 0 fully saturated rings. The van der Waals surface area contributed by atoms with Gasteiger partial charge in [0.1, 0.15) is 16.8 Å². The van der Waals surface area contributed by atoms with Crippen LogP contribution in [0.25, 0.3) is 0 Å². The molecule has 0 aliphatic carbocycles. The van der Waals surface area contributed by atoms with Gasteiger partial charge in [-0.05, 0) is 35.7 Å². The fourth-order valence-corrected chi connectivity index (χ4v) is 2.38. The van der Waals surface area contributed by atoms with Crippen molar-refractivity contribution < 1.29 is 0 Å². The summed E-state index contributed by atoms with van der Waals surface area (Å²) in [6.45, 7) is 4.36. The molecule has 0 aliphatic heterocycles. The standard InChI is InChI=1S/C15H14N2S/c1-11(2)12-6-8-14(9-7-12)18-15-5-3-4-13(10-16)17-15/h3-9,11H,1-2H3. The molecule has 0 amide bonds. The van der Waals surface area contributed by atoms with E-state index in [4.69, 9.17) is 5.26 Å². The Morgan fingerprint density at radius 2 is 1.83 bits per heavy atom. The SMILES string of the molecule is CC(C)c1ccc(Sc2cccc(C#N)n2)cc1. The molecule has 0 N–H and O–H groups in total. The maximum Gasteiger partial charge on any atom is 0.141 e. The lowest BCUT2D eigenvalue weighted by Gasteiger charge is -2.06. The third-order valence-electron chi connectivity index (χ3n) is 2.61. The summed E-state index contributed by atoms with van der Waals surface area (Å²) in [6.07, 6.45) is 0. The van der Waals surface area contributed by atoms with Gasteiger partial charge in [0.2, 0.25) is 0 Å². The van der Waals surface area contributed by atoms with Crippen LogP contribution in [-0.2, 0) is 0 Å². The fourth-order valence-electron chi connectivity index (χ4n) is 1.58. The quantitative estimate of drug-likeness (QED) is 0.822. The highest BCUT2D eigenvalue weighted by Gasteiger charge is 2.02. The number of hydrogen-bond acceptors (Lipinski definition) is 3. The zero-order valence-corrected chi connectivity index (χ0v) is 11.2. The molecule has 0 bridgehead atoms. The maximum absolute atomic E-state index is 8.80. The molecule has 3 heteroatoms. The van der Waals surface area contributed by atoms with E-state index in [0.717, 1.165) is 9.92 Å². The van der Waals surface area contributed by atoms with Crippen molar-refractivity contribution in [2.75, 3.05) is 0 Å². The zero-order chi connectivity index (χ0) is 13.0. The molecule has 0 spiro atoms. The molecule has 0 aliphatic rings. The Morgan fingerprint density at radius 1 is 1.11 bits per heavy atom. The van der Waals surface area contributed by atoms with Crippen LogP contribution in [-0.4, -0.2) is 4.98 Å². The van der Waals surface area contributed by atoms with E-state index >= 15 is 0 Å². The first kappa shape index (κ1) is 12.7. The Labute approximate surface area is 112 Å². The van der Waals surface area contributed by atoms with E-state index in [9.17, 15) is 0 Å². The van der Waals surface area contributed by atoms with Crippen molar-refractivity contribution in [3.63, 3.8) is 0 Å². The van der Waals surface area contributed by atoms with Crippen LogP contribution < -0.4 is 0 Å². The van der Waals surface area contributed by atoms with Crippen molar-refractivity contribution in [1.82, 2.24) is 4.98 Å². The van der Waals surface area contributed by atoms with Gasteiger partial charge in [0.25, 0.3) is 0 Å². The molecule has 0 saturated heterocycles. The second-order valence-corrected chi connectivity index (χ2v) is 5.39. The first-order valence-electron chi connectivity index (χ1n) is 5.84. The molecule has 1 heterocycles. The summed E-state index contributed by atoms with van der Waals surface area (Å²) in [6, 6.07) is 16.0. The number of rotatable bonds is 3. The fraction of sp³-hybridized carbons (Fsp3) is 0.200. The molecule has 0 unspecified atom stereocenters. The number of nitriles is 1. The smallest absolute Gasteiger partial charge is 0.141 e. The molecule has 0 saturated carbocycles. The summed E-state index contributed by atoms with van der Waals surface area (Å²) < 4.78 is 0. The lowest BCUT2D eigenvalue weighted by Crippen LogP contribution is -1.87. The van der Waals surface area contributed by atoms with E-state index in [1.165, 1.54) is 5.56 Å². The summed E-state index contributed by atoms with van der Waals surface area (Å²) in [5.41, 5.74) is 1.79. The van der Waals surface area contributed by atoms with Gasteiger partial charge in [-0.1, -0.05) is 43.8 Å². The highest BCUT2D eigenvalue weighted by Crippen LogP contribution is 2.27. The molecule has 1 aromatic carbocycles. The molecular formula is C15H14N2S. The minimum atomic E-state index is 0.457. The second kappa shape index (κ2) is 5.70. The van der Waals surface area contributed by atoms with Crippen molar-refractivity contribution >= 4 is 11.8 Å². The third kappa shape index (κ3) is 3.12. The van der Waals surface area contributed by atoms with Gasteiger partial charge < -0.3 is 0 Å². The molecule has 2 rings (SSSR count). The average molecular weight is 254 g/mol. The number of hydrogen-bond donors (Lipinski definition) is 0. The van der Waals surface area contributed by atoms with Gasteiger partial charge in [0.05, 0.1) is 0 Å². The maximum atomic E-state index is 8.80. The molecular weight excluding hydrogens is 240 g/mol. The van der Waals surface area contributed by atoms with Crippen LogP contribution in [0.1, 0.15) is 31.0 Å². The van der Waals surface area contributed by atoms with Crippen LogP contribution in [0.4, 0.5) is 0 Å². The molecule has 0 radical (unpaired) electrons.